The zero-order valence-corrected chi connectivity index (χ0v) is 14.4. The van der Waals surface area contributed by atoms with Crippen LogP contribution >= 0.6 is 0 Å². The normalized spacial score (nSPS) is 10.4. The van der Waals surface area contributed by atoms with Crippen molar-refractivity contribution in [1.29, 1.82) is 5.26 Å². The van der Waals surface area contributed by atoms with E-state index in [-0.39, 0.29) is 0 Å². The second-order valence-electron chi connectivity index (χ2n) is 5.28. The van der Waals surface area contributed by atoms with Gasteiger partial charge in [0.1, 0.15) is 12.4 Å². The third-order valence-electron chi connectivity index (χ3n) is 3.50. The Bertz CT molecular complexity index is 647. The minimum absolute atomic E-state index is 0.494. The lowest BCUT2D eigenvalue weighted by molar-refractivity contribution is 0.0180. The van der Waals surface area contributed by atoms with Gasteiger partial charge in [0.25, 0.3) is 0 Å². The SMILES string of the molecule is COCCOCCOCCOc1ccc(-c2ccc(C#N)cc2)cc1. The summed E-state index contributed by atoms with van der Waals surface area (Å²) in [6.07, 6.45) is 0. The van der Waals surface area contributed by atoms with Crippen LogP contribution in [0.25, 0.3) is 11.1 Å². The molecule has 0 radical (unpaired) electrons. The number of hydrogen-bond acceptors (Lipinski definition) is 5. The lowest BCUT2D eigenvalue weighted by Gasteiger charge is -2.08. The smallest absolute Gasteiger partial charge is 0.119 e. The molecular formula is C20H23NO4. The van der Waals surface area contributed by atoms with Gasteiger partial charge in [-0.25, -0.2) is 0 Å². The van der Waals surface area contributed by atoms with E-state index in [1.165, 1.54) is 0 Å². The van der Waals surface area contributed by atoms with E-state index < -0.39 is 0 Å². The van der Waals surface area contributed by atoms with Gasteiger partial charge in [0.2, 0.25) is 0 Å². The molecule has 5 heteroatoms. The summed E-state index contributed by atoms with van der Waals surface area (Å²) in [6, 6.07) is 17.5. The van der Waals surface area contributed by atoms with E-state index in [4.69, 9.17) is 24.2 Å². The van der Waals surface area contributed by atoms with Crippen LogP contribution in [0.4, 0.5) is 0 Å². The maximum Gasteiger partial charge on any atom is 0.119 e. The number of nitrogens with zero attached hydrogens (tertiary/aromatic N) is 1. The molecule has 0 aromatic heterocycles. The van der Waals surface area contributed by atoms with Crippen LogP contribution < -0.4 is 4.74 Å². The first kappa shape index (κ1) is 18.9. The molecule has 2 aromatic carbocycles. The molecule has 2 aromatic rings. The van der Waals surface area contributed by atoms with E-state index >= 15 is 0 Å². The molecule has 0 spiro atoms. The highest BCUT2D eigenvalue weighted by atomic mass is 16.6. The van der Waals surface area contributed by atoms with E-state index in [1.807, 2.05) is 48.5 Å². The summed E-state index contributed by atoms with van der Waals surface area (Å²) < 4.78 is 21.3. The Hall–Kier alpha value is -2.39. The summed E-state index contributed by atoms with van der Waals surface area (Å²) in [6.45, 7) is 3.30. The van der Waals surface area contributed by atoms with Crippen LogP contribution in [-0.4, -0.2) is 46.8 Å². The highest BCUT2D eigenvalue weighted by Crippen LogP contribution is 2.22. The third kappa shape index (κ3) is 6.94. The average molecular weight is 341 g/mol. The zero-order chi connectivity index (χ0) is 17.7. The summed E-state index contributed by atoms with van der Waals surface area (Å²) in [4.78, 5) is 0. The predicted octanol–water partition coefficient (Wildman–Crippen LogP) is 3.28. The molecule has 0 aliphatic heterocycles. The quantitative estimate of drug-likeness (QED) is 0.587. The van der Waals surface area contributed by atoms with E-state index in [0.29, 0.717) is 45.2 Å². The van der Waals surface area contributed by atoms with Crippen LogP contribution in [0.15, 0.2) is 48.5 Å². The largest absolute Gasteiger partial charge is 0.491 e. The number of hydrogen-bond donors (Lipinski definition) is 0. The van der Waals surface area contributed by atoms with Crippen LogP contribution in [0.5, 0.6) is 5.75 Å². The Morgan fingerprint density at radius 3 is 1.80 bits per heavy atom. The summed E-state index contributed by atoms with van der Waals surface area (Å²) in [5.74, 6) is 0.803. The van der Waals surface area contributed by atoms with Crippen molar-refractivity contribution in [3.05, 3.63) is 54.1 Å². The van der Waals surface area contributed by atoms with Gasteiger partial charge in [0, 0.05) is 7.11 Å². The number of nitriles is 1. The van der Waals surface area contributed by atoms with E-state index in [2.05, 4.69) is 6.07 Å². The summed E-state index contributed by atoms with van der Waals surface area (Å²) in [7, 11) is 1.65. The van der Waals surface area contributed by atoms with Crippen molar-refractivity contribution >= 4 is 0 Å². The molecule has 2 rings (SSSR count). The molecule has 0 N–H and O–H groups in total. The summed E-state index contributed by atoms with van der Waals surface area (Å²) in [5, 5.41) is 8.83. The number of rotatable bonds is 11. The van der Waals surface area contributed by atoms with Crippen molar-refractivity contribution in [2.75, 3.05) is 46.8 Å². The van der Waals surface area contributed by atoms with Gasteiger partial charge >= 0.3 is 0 Å². The van der Waals surface area contributed by atoms with E-state index in [1.54, 1.807) is 7.11 Å². The fraction of sp³-hybridized carbons (Fsp3) is 0.350. The van der Waals surface area contributed by atoms with Crippen molar-refractivity contribution in [1.82, 2.24) is 0 Å². The van der Waals surface area contributed by atoms with Crippen LogP contribution in [0.3, 0.4) is 0 Å². The average Bonchev–Trinajstić information content (AvgIpc) is 2.67. The maximum absolute atomic E-state index is 8.83. The molecule has 25 heavy (non-hydrogen) atoms. The number of methoxy groups -OCH3 is 1. The molecule has 0 saturated heterocycles. The number of benzene rings is 2. The van der Waals surface area contributed by atoms with E-state index in [0.717, 1.165) is 16.9 Å². The predicted molar refractivity (Wildman–Crippen MR) is 95.6 cm³/mol. The molecule has 5 nitrogen and oxygen atoms in total. The molecule has 0 saturated carbocycles. The second kappa shape index (κ2) is 11.2. The fourth-order valence-corrected chi connectivity index (χ4v) is 2.16. The van der Waals surface area contributed by atoms with Crippen molar-refractivity contribution in [2.24, 2.45) is 0 Å². The van der Waals surface area contributed by atoms with Gasteiger partial charge in [-0.15, -0.1) is 0 Å². The molecule has 0 aliphatic carbocycles. The first-order chi connectivity index (χ1) is 12.3. The minimum atomic E-state index is 0.494. The van der Waals surface area contributed by atoms with Gasteiger partial charge in [-0.2, -0.15) is 5.26 Å². The highest BCUT2D eigenvalue weighted by molar-refractivity contribution is 5.64. The van der Waals surface area contributed by atoms with Crippen molar-refractivity contribution in [2.45, 2.75) is 0 Å². The molecule has 0 unspecified atom stereocenters. The topological polar surface area (TPSA) is 60.7 Å². The molecule has 0 amide bonds. The minimum Gasteiger partial charge on any atom is -0.491 e. The molecule has 0 heterocycles. The number of ether oxygens (including phenoxy) is 4. The molecule has 0 bridgehead atoms. The molecule has 132 valence electrons. The molecule has 0 fully saturated rings. The van der Waals surface area contributed by atoms with Gasteiger partial charge in [-0.1, -0.05) is 24.3 Å². The summed E-state index contributed by atoms with van der Waals surface area (Å²) >= 11 is 0. The van der Waals surface area contributed by atoms with Crippen molar-refractivity contribution < 1.29 is 18.9 Å². The second-order valence-corrected chi connectivity index (χ2v) is 5.28. The third-order valence-corrected chi connectivity index (χ3v) is 3.50. The molecule has 0 aliphatic rings. The fourth-order valence-electron chi connectivity index (χ4n) is 2.16. The van der Waals surface area contributed by atoms with E-state index in [9.17, 15) is 0 Å². The van der Waals surface area contributed by atoms with Crippen molar-refractivity contribution in [3.63, 3.8) is 0 Å². The standard InChI is InChI=1S/C20H23NO4/c1-22-10-11-23-12-13-24-14-15-25-20-8-6-19(7-9-20)18-4-2-17(16-21)3-5-18/h2-9H,10-15H2,1H3. The lowest BCUT2D eigenvalue weighted by Crippen LogP contribution is -2.12. The first-order valence-electron chi connectivity index (χ1n) is 8.21. The van der Waals surface area contributed by atoms with Crippen LogP contribution in [0, 0.1) is 11.3 Å². The van der Waals surface area contributed by atoms with Gasteiger partial charge in [-0.05, 0) is 35.4 Å². The monoisotopic (exact) mass is 341 g/mol. The van der Waals surface area contributed by atoms with Gasteiger partial charge in [0.05, 0.1) is 44.7 Å². The Kier molecular flexibility index (Phi) is 8.50. The Morgan fingerprint density at radius 2 is 1.24 bits per heavy atom. The van der Waals surface area contributed by atoms with Gasteiger partial charge in [-0.3, -0.25) is 0 Å². The molecule has 0 atom stereocenters. The van der Waals surface area contributed by atoms with Crippen molar-refractivity contribution in [3.8, 4) is 22.9 Å². The lowest BCUT2D eigenvalue weighted by atomic mass is 10.0. The highest BCUT2D eigenvalue weighted by Gasteiger charge is 2.00. The van der Waals surface area contributed by atoms with Gasteiger partial charge < -0.3 is 18.9 Å². The Balaban J connectivity index is 1.66. The maximum atomic E-state index is 8.83. The van der Waals surface area contributed by atoms with Crippen LogP contribution in [-0.2, 0) is 14.2 Å². The first-order valence-corrected chi connectivity index (χ1v) is 8.21. The van der Waals surface area contributed by atoms with Crippen LogP contribution in [0.2, 0.25) is 0 Å². The Morgan fingerprint density at radius 1 is 0.720 bits per heavy atom. The summed E-state index contributed by atoms with van der Waals surface area (Å²) in [5.41, 5.74) is 2.82. The Labute approximate surface area is 148 Å². The zero-order valence-electron chi connectivity index (χ0n) is 14.4. The molecular weight excluding hydrogens is 318 g/mol. The van der Waals surface area contributed by atoms with Crippen LogP contribution in [0.1, 0.15) is 5.56 Å². The van der Waals surface area contributed by atoms with Gasteiger partial charge in [0.15, 0.2) is 0 Å².